The third-order valence-corrected chi connectivity index (χ3v) is 4.34. The molecule has 6 heteroatoms. The summed E-state index contributed by atoms with van der Waals surface area (Å²) in [5, 5.41) is 0. The largest absolute Gasteiger partial charge is 0.507 e. The van der Waals surface area contributed by atoms with Crippen LogP contribution in [0.1, 0.15) is 64.8 Å². The van der Waals surface area contributed by atoms with Gasteiger partial charge in [0.25, 0.3) is 0 Å². The van der Waals surface area contributed by atoms with Crippen LogP contribution in [0.5, 0.6) is 0 Å². The third kappa shape index (κ3) is 3.21. The Morgan fingerprint density at radius 2 is 1.86 bits per heavy atom. The molecule has 2 aromatic rings. The maximum atomic E-state index is 11.6. The quantitative estimate of drug-likeness (QED) is 0.745. The van der Waals surface area contributed by atoms with E-state index in [1.165, 1.54) is 0 Å². The van der Waals surface area contributed by atoms with E-state index < -0.39 is 13.8 Å². The average molecular weight is 322 g/mol. The van der Waals surface area contributed by atoms with Gasteiger partial charge in [-0.1, -0.05) is 27.7 Å². The second-order valence-corrected chi connectivity index (χ2v) is 7.77. The Labute approximate surface area is 133 Å². The van der Waals surface area contributed by atoms with Gasteiger partial charge in [-0.05, 0) is 36.0 Å². The van der Waals surface area contributed by atoms with Crippen LogP contribution in [0.25, 0.3) is 11.2 Å². The molecule has 1 unspecified atom stereocenters. The minimum absolute atomic E-state index is 0.217. The lowest BCUT2D eigenvalue weighted by molar-refractivity contribution is 0.0418. The average Bonchev–Trinajstić information content (AvgIpc) is 2.76. The van der Waals surface area contributed by atoms with Gasteiger partial charge in [-0.2, -0.15) is 0 Å². The molecule has 0 radical (unpaired) electrons. The third-order valence-electron chi connectivity index (χ3n) is 3.63. The molecule has 0 aliphatic carbocycles. The highest BCUT2D eigenvalue weighted by Gasteiger charge is 2.35. The topological polar surface area (TPSA) is 57.0 Å². The summed E-state index contributed by atoms with van der Waals surface area (Å²) in [6, 6.07) is 2.11. The molecule has 0 saturated heterocycles. The van der Waals surface area contributed by atoms with Crippen LogP contribution >= 0.6 is 8.03 Å². The van der Waals surface area contributed by atoms with Crippen molar-refractivity contribution in [1.82, 2.24) is 14.5 Å². The number of hydrogen-bond acceptors (Lipinski definition) is 4. The number of rotatable bonds is 5. The Kier molecular flexibility index (Phi) is 4.69. The van der Waals surface area contributed by atoms with Gasteiger partial charge >= 0.3 is 8.03 Å². The van der Waals surface area contributed by atoms with Crippen molar-refractivity contribution < 1.29 is 9.09 Å². The number of imidazole rings is 1. The van der Waals surface area contributed by atoms with E-state index in [1.54, 1.807) is 6.66 Å². The first-order valence-electron chi connectivity index (χ1n) is 7.62. The Balaban J connectivity index is 2.74. The summed E-state index contributed by atoms with van der Waals surface area (Å²) < 4.78 is 19.3. The molecule has 0 spiro atoms. The van der Waals surface area contributed by atoms with E-state index in [2.05, 4.69) is 43.7 Å². The molecule has 0 N–H and O–H groups in total. The molecule has 2 rings (SSSR count). The van der Waals surface area contributed by atoms with E-state index in [0.717, 1.165) is 16.9 Å². The number of nitrogens with zero attached hydrogens (tertiary/aromatic N) is 3. The zero-order chi connectivity index (χ0) is 16.7. The SMILES string of the molecule is CC(C)c1cnc2nc(C(C)C)n(C(C)(C)O[P+](C)=O)c2c1. The number of hydrogen-bond donors (Lipinski definition) is 0. The molecule has 2 heterocycles. The minimum atomic E-state index is -1.72. The maximum Gasteiger partial charge on any atom is 0.507 e. The predicted molar refractivity (Wildman–Crippen MR) is 89.6 cm³/mol. The monoisotopic (exact) mass is 322 g/mol. The summed E-state index contributed by atoms with van der Waals surface area (Å²) in [6.45, 7) is 13.8. The zero-order valence-electron chi connectivity index (χ0n) is 14.4. The Morgan fingerprint density at radius 3 is 2.36 bits per heavy atom. The van der Waals surface area contributed by atoms with Crippen LogP contribution in [0.2, 0.25) is 0 Å². The maximum absolute atomic E-state index is 11.6. The van der Waals surface area contributed by atoms with E-state index in [1.807, 2.05) is 24.6 Å². The summed E-state index contributed by atoms with van der Waals surface area (Å²) in [7, 11) is -1.72. The highest BCUT2D eigenvalue weighted by Crippen LogP contribution is 2.36. The van der Waals surface area contributed by atoms with E-state index in [-0.39, 0.29) is 5.92 Å². The van der Waals surface area contributed by atoms with E-state index in [4.69, 9.17) is 4.52 Å². The molecule has 22 heavy (non-hydrogen) atoms. The van der Waals surface area contributed by atoms with Gasteiger partial charge in [0.1, 0.15) is 5.82 Å². The van der Waals surface area contributed by atoms with Crippen LogP contribution in [0, 0.1) is 0 Å². The van der Waals surface area contributed by atoms with Crippen molar-refractivity contribution in [2.24, 2.45) is 0 Å². The normalized spacial score (nSPS) is 13.4. The van der Waals surface area contributed by atoms with E-state index in [9.17, 15) is 4.57 Å². The van der Waals surface area contributed by atoms with E-state index >= 15 is 0 Å². The van der Waals surface area contributed by atoms with Gasteiger partial charge in [0.05, 0.1) is 5.52 Å². The lowest BCUT2D eigenvalue weighted by Crippen LogP contribution is -2.29. The Bertz CT molecular complexity index is 705. The van der Waals surface area contributed by atoms with Crippen molar-refractivity contribution in [2.75, 3.05) is 6.66 Å². The van der Waals surface area contributed by atoms with Crippen LogP contribution in [0.3, 0.4) is 0 Å². The van der Waals surface area contributed by atoms with Crippen molar-refractivity contribution in [2.45, 2.75) is 59.1 Å². The molecular formula is C16H25N3O2P+. The fraction of sp³-hybridized carbons (Fsp3) is 0.625. The van der Waals surface area contributed by atoms with Crippen molar-refractivity contribution in [3.05, 3.63) is 23.7 Å². The summed E-state index contributed by atoms with van der Waals surface area (Å²) in [6.07, 6.45) is 1.88. The Hall–Kier alpha value is -1.32. The fourth-order valence-corrected chi connectivity index (χ4v) is 3.33. The lowest BCUT2D eigenvalue weighted by atomic mass is 10.1. The summed E-state index contributed by atoms with van der Waals surface area (Å²) >= 11 is 0. The van der Waals surface area contributed by atoms with Gasteiger partial charge in [-0.3, -0.25) is 4.57 Å². The van der Waals surface area contributed by atoms with Gasteiger partial charge in [0, 0.05) is 12.1 Å². The van der Waals surface area contributed by atoms with Crippen LogP contribution in [0.4, 0.5) is 0 Å². The first kappa shape index (κ1) is 17.0. The second kappa shape index (κ2) is 6.05. The number of pyridine rings is 1. The molecule has 120 valence electrons. The first-order chi connectivity index (χ1) is 10.1. The van der Waals surface area contributed by atoms with Gasteiger partial charge in [0.15, 0.2) is 18.0 Å². The van der Waals surface area contributed by atoms with Crippen LogP contribution in [-0.2, 0) is 14.8 Å². The molecule has 0 saturated carbocycles. The molecule has 2 aromatic heterocycles. The van der Waals surface area contributed by atoms with Crippen molar-refractivity contribution >= 4 is 19.2 Å². The van der Waals surface area contributed by atoms with Gasteiger partial charge in [-0.15, -0.1) is 4.52 Å². The van der Waals surface area contributed by atoms with Crippen LogP contribution in [0.15, 0.2) is 12.3 Å². The molecule has 0 aromatic carbocycles. The number of fused-ring (bicyclic) bond motifs is 1. The summed E-state index contributed by atoms with van der Waals surface area (Å²) in [5.74, 6) is 1.49. The van der Waals surface area contributed by atoms with Crippen molar-refractivity contribution in [1.29, 1.82) is 0 Å². The molecule has 0 fully saturated rings. The first-order valence-corrected chi connectivity index (χ1v) is 9.24. The molecule has 0 aliphatic rings. The molecular weight excluding hydrogens is 297 g/mol. The zero-order valence-corrected chi connectivity index (χ0v) is 15.3. The van der Waals surface area contributed by atoms with Crippen molar-refractivity contribution in [3.8, 4) is 0 Å². The molecule has 5 nitrogen and oxygen atoms in total. The van der Waals surface area contributed by atoms with Gasteiger partial charge < -0.3 is 0 Å². The minimum Gasteiger partial charge on any atom is -0.293 e. The van der Waals surface area contributed by atoms with E-state index in [0.29, 0.717) is 11.6 Å². The molecule has 0 amide bonds. The lowest BCUT2D eigenvalue weighted by Gasteiger charge is -2.24. The van der Waals surface area contributed by atoms with Gasteiger partial charge in [-0.25, -0.2) is 9.97 Å². The molecule has 0 aliphatic heterocycles. The smallest absolute Gasteiger partial charge is 0.293 e. The predicted octanol–water partition coefficient (Wildman–Crippen LogP) is 4.76. The fourth-order valence-electron chi connectivity index (χ4n) is 2.62. The highest BCUT2D eigenvalue weighted by atomic mass is 31.1. The van der Waals surface area contributed by atoms with Gasteiger partial charge in [0.2, 0.25) is 0 Å². The van der Waals surface area contributed by atoms with Crippen molar-refractivity contribution in [3.63, 3.8) is 0 Å². The molecule has 0 bridgehead atoms. The highest BCUT2D eigenvalue weighted by molar-refractivity contribution is 7.38. The second-order valence-electron chi connectivity index (χ2n) is 6.70. The number of aromatic nitrogens is 3. The van der Waals surface area contributed by atoms with Crippen LogP contribution < -0.4 is 0 Å². The Morgan fingerprint density at radius 1 is 1.23 bits per heavy atom. The standard InChI is InChI=1S/C16H25N3O2P/c1-10(2)12-8-13-14(17-9-12)18-15(11(3)4)19(13)16(5,6)21-22(7)20/h8-11H,1-7H3/q+1. The summed E-state index contributed by atoms with van der Waals surface area (Å²) in [5.41, 5.74) is 2.04. The van der Waals surface area contributed by atoms with Crippen LogP contribution in [-0.4, -0.2) is 21.2 Å². The summed E-state index contributed by atoms with van der Waals surface area (Å²) in [4.78, 5) is 9.16. The molecule has 1 atom stereocenters.